The second kappa shape index (κ2) is 6.22. The fourth-order valence-corrected chi connectivity index (χ4v) is 3.34. The number of hydrogen-bond acceptors (Lipinski definition) is 4. The Labute approximate surface area is 120 Å². The fraction of sp³-hybridized carbons (Fsp3) is 0.571. The summed E-state index contributed by atoms with van der Waals surface area (Å²) in [4.78, 5) is 0. The van der Waals surface area contributed by atoms with Crippen LogP contribution in [0.5, 0.6) is 0 Å². The van der Waals surface area contributed by atoms with E-state index in [-0.39, 0.29) is 5.75 Å². The molecule has 1 N–H and O–H groups in total. The number of sulfonamides is 1. The molecule has 20 heavy (non-hydrogen) atoms. The zero-order valence-corrected chi connectivity index (χ0v) is 12.7. The minimum absolute atomic E-state index is 0.00684. The van der Waals surface area contributed by atoms with Gasteiger partial charge in [-0.05, 0) is 19.4 Å². The quantitative estimate of drug-likeness (QED) is 0.866. The molecule has 1 aromatic rings. The van der Waals surface area contributed by atoms with Gasteiger partial charge in [0.2, 0.25) is 10.0 Å². The molecule has 1 aliphatic heterocycles. The summed E-state index contributed by atoms with van der Waals surface area (Å²) in [7, 11) is -3.33. The highest BCUT2D eigenvalue weighted by molar-refractivity contribution is 7.88. The van der Waals surface area contributed by atoms with Gasteiger partial charge in [0.05, 0.1) is 19.0 Å². The Morgan fingerprint density at radius 1 is 1.30 bits per heavy atom. The number of hydrogen-bond donors (Lipinski definition) is 1. The van der Waals surface area contributed by atoms with Crippen molar-refractivity contribution in [3.8, 4) is 0 Å². The third kappa shape index (κ3) is 4.56. The van der Waals surface area contributed by atoms with Crippen molar-refractivity contribution in [2.45, 2.75) is 31.8 Å². The van der Waals surface area contributed by atoms with Crippen LogP contribution in [0.4, 0.5) is 0 Å². The molecule has 1 aliphatic rings. The molecule has 0 atom stereocenters. The Kier molecular flexibility index (Phi) is 4.80. The Hall–Kier alpha value is -0.950. The zero-order valence-electron chi connectivity index (χ0n) is 11.9. The van der Waals surface area contributed by atoms with Crippen molar-refractivity contribution in [3.63, 3.8) is 0 Å². The first-order chi connectivity index (χ1) is 9.39. The second-order valence-corrected chi connectivity index (χ2v) is 7.03. The van der Waals surface area contributed by atoms with E-state index in [1.165, 1.54) is 0 Å². The average Bonchev–Trinajstić information content (AvgIpc) is 2.75. The molecule has 0 unspecified atom stereocenters. The highest BCUT2D eigenvalue weighted by Crippen LogP contribution is 2.21. The van der Waals surface area contributed by atoms with Crippen LogP contribution >= 0.6 is 0 Å². The van der Waals surface area contributed by atoms with E-state index in [1.807, 2.05) is 38.1 Å². The van der Waals surface area contributed by atoms with Gasteiger partial charge in [0, 0.05) is 13.0 Å². The molecule has 1 fully saturated rings. The average molecular weight is 299 g/mol. The molecule has 5 nitrogen and oxygen atoms in total. The Bertz CT molecular complexity index is 550. The van der Waals surface area contributed by atoms with E-state index in [0.29, 0.717) is 26.2 Å². The van der Waals surface area contributed by atoms with Gasteiger partial charge in [0.25, 0.3) is 0 Å². The predicted octanol–water partition coefficient (Wildman–Crippen LogP) is 1.57. The third-order valence-corrected chi connectivity index (χ3v) is 4.60. The molecule has 2 rings (SSSR count). The van der Waals surface area contributed by atoms with E-state index in [0.717, 1.165) is 11.1 Å². The van der Waals surface area contributed by atoms with Crippen molar-refractivity contribution in [1.82, 2.24) is 4.72 Å². The molecule has 1 aromatic carbocycles. The molecule has 0 aliphatic carbocycles. The minimum Gasteiger partial charge on any atom is -0.348 e. The van der Waals surface area contributed by atoms with E-state index < -0.39 is 15.8 Å². The van der Waals surface area contributed by atoms with Crippen molar-refractivity contribution < 1.29 is 17.9 Å². The Morgan fingerprint density at radius 3 is 2.65 bits per heavy atom. The first-order valence-corrected chi connectivity index (χ1v) is 8.35. The molecular formula is C14H21NO4S. The summed E-state index contributed by atoms with van der Waals surface area (Å²) in [6.07, 6.45) is 0.500. The molecule has 1 saturated heterocycles. The van der Waals surface area contributed by atoms with Crippen molar-refractivity contribution in [2.75, 3.05) is 19.8 Å². The van der Waals surface area contributed by atoms with Gasteiger partial charge >= 0.3 is 0 Å². The van der Waals surface area contributed by atoms with Gasteiger partial charge in [-0.1, -0.05) is 29.8 Å². The van der Waals surface area contributed by atoms with Crippen LogP contribution in [0.1, 0.15) is 24.5 Å². The lowest BCUT2D eigenvalue weighted by molar-refractivity contribution is -0.145. The van der Waals surface area contributed by atoms with E-state index in [9.17, 15) is 8.42 Å². The fourth-order valence-electron chi connectivity index (χ4n) is 2.21. The van der Waals surface area contributed by atoms with E-state index in [1.54, 1.807) is 0 Å². The number of ether oxygens (including phenoxy) is 2. The van der Waals surface area contributed by atoms with E-state index >= 15 is 0 Å². The van der Waals surface area contributed by atoms with E-state index in [2.05, 4.69) is 4.72 Å². The second-order valence-electron chi connectivity index (χ2n) is 5.22. The lowest BCUT2D eigenvalue weighted by Gasteiger charge is -2.22. The van der Waals surface area contributed by atoms with Gasteiger partial charge in [0.1, 0.15) is 0 Å². The molecule has 0 aromatic heterocycles. The topological polar surface area (TPSA) is 64.6 Å². The minimum atomic E-state index is -3.33. The first-order valence-electron chi connectivity index (χ1n) is 6.69. The monoisotopic (exact) mass is 299 g/mol. The largest absolute Gasteiger partial charge is 0.348 e. The summed E-state index contributed by atoms with van der Waals surface area (Å²) in [5, 5.41) is 0. The predicted molar refractivity (Wildman–Crippen MR) is 76.7 cm³/mol. The van der Waals surface area contributed by atoms with Crippen molar-refractivity contribution in [1.29, 1.82) is 0 Å². The summed E-state index contributed by atoms with van der Waals surface area (Å²) in [5.41, 5.74) is 1.84. The van der Waals surface area contributed by atoms with E-state index in [4.69, 9.17) is 9.47 Å². The molecule has 112 valence electrons. The highest BCUT2D eigenvalue weighted by atomic mass is 32.2. The maximum absolute atomic E-state index is 12.0. The third-order valence-electron chi connectivity index (χ3n) is 3.24. The van der Waals surface area contributed by atoms with Crippen molar-refractivity contribution in [2.24, 2.45) is 0 Å². The SMILES string of the molecule is Cc1cccc(CS(=O)(=O)NCCC2(C)OCCO2)c1. The summed E-state index contributed by atoms with van der Waals surface area (Å²) in [6.45, 7) is 5.21. The molecule has 1 heterocycles. The number of benzene rings is 1. The lowest BCUT2D eigenvalue weighted by Crippen LogP contribution is -2.34. The maximum Gasteiger partial charge on any atom is 0.215 e. The Balaban J connectivity index is 1.85. The molecule has 0 bridgehead atoms. The highest BCUT2D eigenvalue weighted by Gasteiger charge is 2.30. The van der Waals surface area contributed by atoms with Crippen LogP contribution in [0.2, 0.25) is 0 Å². The molecular weight excluding hydrogens is 278 g/mol. The van der Waals surface area contributed by atoms with Gasteiger partial charge < -0.3 is 9.47 Å². The number of rotatable bonds is 6. The van der Waals surface area contributed by atoms with Gasteiger partial charge in [-0.15, -0.1) is 0 Å². The van der Waals surface area contributed by atoms with Crippen LogP contribution in [0, 0.1) is 6.92 Å². The zero-order chi connectivity index (χ0) is 14.6. The molecule has 0 amide bonds. The summed E-state index contributed by atoms with van der Waals surface area (Å²) >= 11 is 0. The molecule has 0 radical (unpaired) electrons. The van der Waals surface area contributed by atoms with Gasteiger partial charge in [-0.2, -0.15) is 0 Å². The van der Waals surface area contributed by atoms with Crippen LogP contribution in [0.15, 0.2) is 24.3 Å². The van der Waals surface area contributed by atoms with Crippen LogP contribution < -0.4 is 4.72 Å². The standard InChI is InChI=1S/C14H21NO4S/c1-12-4-3-5-13(10-12)11-20(16,17)15-7-6-14(2)18-8-9-19-14/h3-5,10,15H,6-9,11H2,1-2H3. The smallest absolute Gasteiger partial charge is 0.215 e. The van der Waals surface area contributed by atoms with Crippen LogP contribution in [-0.4, -0.2) is 34.0 Å². The van der Waals surface area contributed by atoms with Crippen LogP contribution in [-0.2, 0) is 25.2 Å². The summed E-state index contributed by atoms with van der Waals surface area (Å²) in [5.74, 6) is -0.668. The first kappa shape index (κ1) is 15.4. The summed E-state index contributed by atoms with van der Waals surface area (Å²) < 4.78 is 37.4. The van der Waals surface area contributed by atoms with Gasteiger partial charge in [0.15, 0.2) is 5.79 Å². The molecule has 0 saturated carbocycles. The van der Waals surface area contributed by atoms with Gasteiger partial charge in [-0.25, -0.2) is 13.1 Å². The van der Waals surface area contributed by atoms with Crippen molar-refractivity contribution in [3.05, 3.63) is 35.4 Å². The number of aryl methyl sites for hydroxylation is 1. The summed E-state index contributed by atoms with van der Waals surface area (Å²) in [6, 6.07) is 7.50. The Morgan fingerprint density at radius 2 is 2.00 bits per heavy atom. The lowest BCUT2D eigenvalue weighted by atomic mass is 10.2. The molecule has 0 spiro atoms. The normalized spacial score (nSPS) is 18.3. The maximum atomic E-state index is 12.0. The van der Waals surface area contributed by atoms with Crippen molar-refractivity contribution >= 4 is 10.0 Å². The molecule has 6 heteroatoms. The van der Waals surface area contributed by atoms with Crippen LogP contribution in [0.25, 0.3) is 0 Å². The van der Waals surface area contributed by atoms with Gasteiger partial charge in [-0.3, -0.25) is 0 Å². The van der Waals surface area contributed by atoms with Crippen LogP contribution in [0.3, 0.4) is 0 Å². The number of nitrogens with one attached hydrogen (secondary N) is 1.